The number of allylic oxidation sites excluding steroid dienone is 2. The molecule has 4 unspecified atom stereocenters. The van der Waals surface area contributed by atoms with Gasteiger partial charge in [-0.25, -0.2) is 0 Å². The van der Waals surface area contributed by atoms with E-state index in [-0.39, 0.29) is 5.75 Å². The zero-order valence-corrected chi connectivity index (χ0v) is 18.8. The van der Waals surface area contributed by atoms with Crippen molar-refractivity contribution >= 4 is 0 Å². The SMILES string of the molecule is Cc1ccccc1C(NCC(C)C1C=CC(C)C1)(c1ccccc1)c1ccc(O)cc1. The van der Waals surface area contributed by atoms with Crippen molar-refractivity contribution in [2.24, 2.45) is 17.8 Å². The Morgan fingerprint density at radius 2 is 1.55 bits per heavy atom. The number of hydrogen-bond acceptors (Lipinski definition) is 2. The van der Waals surface area contributed by atoms with Crippen LogP contribution in [0, 0.1) is 24.7 Å². The molecule has 0 bridgehead atoms. The minimum absolute atomic E-state index is 0.286. The zero-order chi connectivity index (χ0) is 21.8. The molecule has 0 aliphatic heterocycles. The van der Waals surface area contributed by atoms with Crippen LogP contribution in [0.5, 0.6) is 5.75 Å². The Bertz CT molecular complexity index is 1020. The zero-order valence-electron chi connectivity index (χ0n) is 18.8. The van der Waals surface area contributed by atoms with Gasteiger partial charge in [0.2, 0.25) is 0 Å². The third-order valence-electron chi connectivity index (χ3n) is 6.81. The molecule has 31 heavy (non-hydrogen) atoms. The molecule has 0 fully saturated rings. The standard InChI is InChI=1S/C29H33NO/c1-21-13-14-24(19-21)23(3)20-30-29(25-10-5-4-6-11-25,26-15-17-27(31)18-16-26)28-12-8-7-9-22(28)2/h4-18,21,23-24,30-31H,19-20H2,1-3H3. The highest BCUT2D eigenvalue weighted by atomic mass is 16.3. The molecule has 1 aliphatic carbocycles. The van der Waals surface area contributed by atoms with Crippen LogP contribution in [0.3, 0.4) is 0 Å². The van der Waals surface area contributed by atoms with Crippen LogP contribution in [0.2, 0.25) is 0 Å². The van der Waals surface area contributed by atoms with E-state index in [1.165, 1.54) is 23.1 Å². The Morgan fingerprint density at radius 1 is 0.903 bits per heavy atom. The molecule has 0 spiro atoms. The first-order valence-electron chi connectivity index (χ1n) is 11.3. The lowest BCUT2D eigenvalue weighted by molar-refractivity contribution is 0.339. The van der Waals surface area contributed by atoms with Gasteiger partial charge in [-0.05, 0) is 72.0 Å². The van der Waals surface area contributed by atoms with Gasteiger partial charge >= 0.3 is 0 Å². The summed E-state index contributed by atoms with van der Waals surface area (Å²) >= 11 is 0. The van der Waals surface area contributed by atoms with Crippen molar-refractivity contribution in [1.29, 1.82) is 0 Å². The van der Waals surface area contributed by atoms with Gasteiger partial charge in [-0.2, -0.15) is 0 Å². The fraction of sp³-hybridized carbons (Fsp3) is 0.310. The molecule has 4 rings (SSSR count). The van der Waals surface area contributed by atoms with Crippen molar-refractivity contribution in [3.8, 4) is 5.75 Å². The summed E-state index contributed by atoms with van der Waals surface area (Å²) in [7, 11) is 0. The van der Waals surface area contributed by atoms with Gasteiger partial charge < -0.3 is 5.11 Å². The molecule has 0 aromatic heterocycles. The summed E-state index contributed by atoms with van der Waals surface area (Å²) in [6, 6.07) is 27.0. The lowest BCUT2D eigenvalue weighted by Crippen LogP contribution is -2.47. The minimum Gasteiger partial charge on any atom is -0.508 e. The van der Waals surface area contributed by atoms with E-state index >= 15 is 0 Å². The van der Waals surface area contributed by atoms with E-state index in [1.54, 1.807) is 12.1 Å². The molecule has 1 aliphatic rings. The second-order valence-corrected chi connectivity index (χ2v) is 9.10. The molecule has 0 heterocycles. The highest BCUT2D eigenvalue weighted by molar-refractivity contribution is 5.52. The normalized spacial score (nSPS) is 21.0. The molecule has 0 radical (unpaired) electrons. The quantitative estimate of drug-likeness (QED) is 0.347. The Labute approximate surface area is 186 Å². The highest BCUT2D eigenvalue weighted by Gasteiger charge is 2.38. The number of benzene rings is 3. The maximum Gasteiger partial charge on any atom is 0.115 e. The Balaban J connectivity index is 1.82. The number of nitrogens with one attached hydrogen (secondary N) is 1. The smallest absolute Gasteiger partial charge is 0.115 e. The maximum absolute atomic E-state index is 9.98. The fourth-order valence-electron chi connectivity index (χ4n) is 4.98. The van der Waals surface area contributed by atoms with Crippen molar-refractivity contribution in [3.05, 3.63) is 113 Å². The number of phenols is 1. The van der Waals surface area contributed by atoms with E-state index in [9.17, 15) is 5.11 Å². The molecule has 0 saturated heterocycles. The number of hydrogen-bond donors (Lipinski definition) is 2. The number of phenolic OH excluding ortho intramolecular Hbond substituents is 1. The topological polar surface area (TPSA) is 32.3 Å². The van der Waals surface area contributed by atoms with Crippen LogP contribution in [0.25, 0.3) is 0 Å². The number of aromatic hydroxyl groups is 1. The van der Waals surface area contributed by atoms with Crippen LogP contribution in [0.1, 0.15) is 42.5 Å². The summed E-state index contributed by atoms with van der Waals surface area (Å²) in [6.07, 6.45) is 5.98. The van der Waals surface area contributed by atoms with Gasteiger partial charge in [0.15, 0.2) is 0 Å². The van der Waals surface area contributed by atoms with E-state index in [4.69, 9.17) is 0 Å². The van der Waals surface area contributed by atoms with Gasteiger partial charge in [0, 0.05) is 0 Å². The summed E-state index contributed by atoms with van der Waals surface area (Å²) in [5.74, 6) is 2.08. The molecule has 3 aromatic rings. The van der Waals surface area contributed by atoms with Crippen LogP contribution >= 0.6 is 0 Å². The molecule has 0 amide bonds. The lowest BCUT2D eigenvalue weighted by atomic mass is 9.75. The lowest BCUT2D eigenvalue weighted by Gasteiger charge is -2.39. The Kier molecular flexibility index (Phi) is 6.29. The summed E-state index contributed by atoms with van der Waals surface area (Å²) < 4.78 is 0. The van der Waals surface area contributed by atoms with E-state index in [2.05, 4.69) is 92.8 Å². The summed E-state index contributed by atoms with van der Waals surface area (Å²) in [5, 5.41) is 14.0. The Hall–Kier alpha value is -2.84. The van der Waals surface area contributed by atoms with E-state index in [0.29, 0.717) is 17.8 Å². The van der Waals surface area contributed by atoms with Gasteiger partial charge in [-0.3, -0.25) is 5.32 Å². The van der Waals surface area contributed by atoms with Gasteiger partial charge in [-0.15, -0.1) is 0 Å². The van der Waals surface area contributed by atoms with Crippen molar-refractivity contribution < 1.29 is 5.11 Å². The second-order valence-electron chi connectivity index (χ2n) is 9.10. The minimum atomic E-state index is -0.498. The monoisotopic (exact) mass is 411 g/mol. The first-order valence-corrected chi connectivity index (χ1v) is 11.3. The van der Waals surface area contributed by atoms with Gasteiger partial charge in [0.05, 0.1) is 5.54 Å². The van der Waals surface area contributed by atoms with Crippen LogP contribution in [0.4, 0.5) is 0 Å². The van der Waals surface area contributed by atoms with Gasteiger partial charge in [0.1, 0.15) is 5.75 Å². The molecule has 2 heteroatoms. The maximum atomic E-state index is 9.98. The summed E-state index contributed by atoms with van der Waals surface area (Å²) in [5.41, 5.74) is 4.33. The molecular formula is C29H33NO. The van der Waals surface area contributed by atoms with E-state index in [1.807, 2.05) is 12.1 Å². The van der Waals surface area contributed by atoms with Crippen molar-refractivity contribution in [2.45, 2.75) is 32.7 Å². The molecule has 2 nitrogen and oxygen atoms in total. The predicted molar refractivity (Wildman–Crippen MR) is 129 cm³/mol. The fourth-order valence-corrected chi connectivity index (χ4v) is 4.98. The van der Waals surface area contributed by atoms with Crippen molar-refractivity contribution in [1.82, 2.24) is 5.32 Å². The Morgan fingerprint density at radius 3 is 2.19 bits per heavy atom. The number of rotatable bonds is 7. The molecule has 2 N–H and O–H groups in total. The van der Waals surface area contributed by atoms with Crippen molar-refractivity contribution in [2.75, 3.05) is 6.54 Å². The molecule has 4 atom stereocenters. The van der Waals surface area contributed by atoms with Crippen molar-refractivity contribution in [3.63, 3.8) is 0 Å². The molecular weight excluding hydrogens is 378 g/mol. The van der Waals surface area contributed by atoms with Crippen LogP contribution < -0.4 is 5.32 Å². The first kappa shape index (κ1) is 21.4. The third-order valence-corrected chi connectivity index (χ3v) is 6.81. The van der Waals surface area contributed by atoms with Gasteiger partial charge in [0.25, 0.3) is 0 Å². The third kappa shape index (κ3) is 4.31. The average Bonchev–Trinajstić information content (AvgIpc) is 3.23. The summed E-state index contributed by atoms with van der Waals surface area (Å²) in [6.45, 7) is 7.73. The predicted octanol–water partition coefficient (Wildman–Crippen LogP) is 6.43. The van der Waals surface area contributed by atoms with Crippen LogP contribution in [-0.4, -0.2) is 11.7 Å². The van der Waals surface area contributed by atoms with Gasteiger partial charge in [-0.1, -0.05) is 92.7 Å². The highest BCUT2D eigenvalue weighted by Crippen LogP contribution is 2.39. The average molecular weight is 412 g/mol. The first-order chi connectivity index (χ1) is 15.0. The number of aryl methyl sites for hydroxylation is 1. The van der Waals surface area contributed by atoms with Crippen LogP contribution in [-0.2, 0) is 5.54 Å². The van der Waals surface area contributed by atoms with E-state index < -0.39 is 5.54 Å². The molecule has 3 aromatic carbocycles. The second kappa shape index (κ2) is 9.11. The molecule has 160 valence electrons. The van der Waals surface area contributed by atoms with E-state index in [0.717, 1.165) is 12.1 Å². The van der Waals surface area contributed by atoms with Crippen LogP contribution in [0.15, 0.2) is 91.0 Å². The molecule has 0 saturated carbocycles. The summed E-state index contributed by atoms with van der Waals surface area (Å²) in [4.78, 5) is 0. The largest absolute Gasteiger partial charge is 0.508 e.